The second-order valence-corrected chi connectivity index (χ2v) is 5.67. The molecule has 1 unspecified atom stereocenters. The maximum atomic E-state index is 13.7. The zero-order valence-electron chi connectivity index (χ0n) is 11.5. The molecule has 1 aromatic carbocycles. The Hall–Kier alpha value is -1.00. The Labute approximate surface area is 113 Å². The van der Waals surface area contributed by atoms with Gasteiger partial charge in [0.2, 0.25) is 0 Å². The fourth-order valence-corrected chi connectivity index (χ4v) is 2.74. The van der Waals surface area contributed by atoms with Crippen molar-refractivity contribution in [1.82, 2.24) is 4.90 Å². The normalized spacial score (nSPS) is 20.8. The number of rotatable bonds is 3. The molecule has 1 saturated heterocycles. The molecule has 0 aromatic heterocycles. The number of hydrogen-bond acceptors (Lipinski definition) is 2. The van der Waals surface area contributed by atoms with Crippen LogP contribution in [0.3, 0.4) is 0 Å². The predicted octanol–water partition coefficient (Wildman–Crippen LogP) is 3.06. The van der Waals surface area contributed by atoms with Crippen molar-refractivity contribution in [3.63, 3.8) is 0 Å². The molecule has 2 rings (SSSR count). The van der Waals surface area contributed by atoms with Crippen LogP contribution in [0.15, 0.2) is 18.2 Å². The van der Waals surface area contributed by atoms with Crippen molar-refractivity contribution in [3.8, 4) is 0 Å². The summed E-state index contributed by atoms with van der Waals surface area (Å²) in [5.74, 6) is -1.05. The number of nitrogens with zero attached hydrogens (tertiary/aromatic N) is 1. The third kappa shape index (κ3) is 3.74. The van der Waals surface area contributed by atoms with Crippen LogP contribution in [-0.4, -0.2) is 23.7 Å². The minimum absolute atomic E-state index is 0.402. The minimum Gasteiger partial charge on any atom is -0.313 e. The van der Waals surface area contributed by atoms with Gasteiger partial charge in [0.25, 0.3) is 0 Å². The van der Waals surface area contributed by atoms with Crippen molar-refractivity contribution < 1.29 is 8.78 Å². The molecule has 2 N–H and O–H groups in total. The van der Waals surface area contributed by atoms with E-state index < -0.39 is 17.3 Å². The van der Waals surface area contributed by atoms with Crippen LogP contribution >= 0.6 is 0 Å². The van der Waals surface area contributed by atoms with E-state index in [0.717, 1.165) is 32.0 Å². The highest BCUT2D eigenvalue weighted by Gasteiger charge is 2.29. The number of benzene rings is 1. The first kappa shape index (κ1) is 14.4. The molecule has 0 radical (unpaired) electrons. The fraction of sp³-hybridized carbons (Fsp3) is 0.600. The summed E-state index contributed by atoms with van der Waals surface area (Å²) in [5.41, 5.74) is 6.27. The Balaban J connectivity index is 2.10. The van der Waals surface area contributed by atoms with Gasteiger partial charge < -0.3 is 5.73 Å². The Bertz CT molecular complexity index is 424. The number of hydrogen-bond donors (Lipinski definition) is 1. The van der Waals surface area contributed by atoms with Gasteiger partial charge in [-0.3, -0.25) is 4.90 Å². The molecule has 0 spiro atoms. The topological polar surface area (TPSA) is 29.3 Å². The van der Waals surface area contributed by atoms with Crippen LogP contribution in [0.4, 0.5) is 8.78 Å². The largest absolute Gasteiger partial charge is 0.313 e. The van der Waals surface area contributed by atoms with E-state index in [1.165, 1.54) is 25.0 Å². The van der Waals surface area contributed by atoms with Gasteiger partial charge in [0.1, 0.15) is 11.6 Å². The summed E-state index contributed by atoms with van der Waals surface area (Å²) in [6.45, 7) is 3.84. The van der Waals surface area contributed by atoms with E-state index in [9.17, 15) is 8.78 Å². The van der Waals surface area contributed by atoms with E-state index in [1.807, 2.05) is 6.92 Å². The molecule has 0 bridgehead atoms. The summed E-state index contributed by atoms with van der Waals surface area (Å²) in [7, 11) is 0. The van der Waals surface area contributed by atoms with Crippen molar-refractivity contribution in [2.24, 2.45) is 5.73 Å². The number of nitrogens with two attached hydrogens (primary N) is 1. The molecule has 1 aliphatic rings. The maximum Gasteiger partial charge on any atom is 0.129 e. The predicted molar refractivity (Wildman–Crippen MR) is 72.7 cm³/mol. The standard InChI is InChI=1S/C15H22F2N2/c1-15(18,19-8-4-2-3-5-9-19)11-12-6-7-13(16)10-14(12)17/h6-7,10H,2-5,8-9,11,18H2,1H3. The van der Waals surface area contributed by atoms with Gasteiger partial charge in [0.05, 0.1) is 5.66 Å². The molecule has 19 heavy (non-hydrogen) atoms. The molecule has 1 atom stereocenters. The van der Waals surface area contributed by atoms with E-state index in [0.29, 0.717) is 12.0 Å². The van der Waals surface area contributed by atoms with Crippen molar-refractivity contribution in [1.29, 1.82) is 0 Å². The lowest BCUT2D eigenvalue weighted by atomic mass is 9.99. The highest BCUT2D eigenvalue weighted by molar-refractivity contribution is 5.20. The average molecular weight is 268 g/mol. The third-order valence-corrected chi connectivity index (χ3v) is 3.89. The van der Waals surface area contributed by atoms with Crippen LogP contribution < -0.4 is 5.73 Å². The lowest BCUT2D eigenvalue weighted by Crippen LogP contribution is -2.55. The zero-order valence-corrected chi connectivity index (χ0v) is 11.5. The Morgan fingerprint density at radius 1 is 1.16 bits per heavy atom. The van der Waals surface area contributed by atoms with Gasteiger partial charge in [0.15, 0.2) is 0 Å². The van der Waals surface area contributed by atoms with E-state index in [2.05, 4.69) is 4.90 Å². The van der Waals surface area contributed by atoms with Gasteiger partial charge in [-0.05, 0) is 44.5 Å². The molecular weight excluding hydrogens is 246 g/mol. The van der Waals surface area contributed by atoms with Gasteiger partial charge in [-0.2, -0.15) is 0 Å². The highest BCUT2D eigenvalue weighted by Crippen LogP contribution is 2.22. The number of likely N-dealkylation sites (tertiary alicyclic amines) is 1. The van der Waals surface area contributed by atoms with Crippen molar-refractivity contribution in [3.05, 3.63) is 35.4 Å². The molecule has 1 heterocycles. The zero-order chi connectivity index (χ0) is 13.9. The van der Waals surface area contributed by atoms with Crippen LogP contribution in [0.25, 0.3) is 0 Å². The first-order chi connectivity index (χ1) is 8.99. The van der Waals surface area contributed by atoms with E-state index in [-0.39, 0.29) is 0 Å². The second-order valence-electron chi connectivity index (χ2n) is 5.67. The molecular formula is C15H22F2N2. The summed E-state index contributed by atoms with van der Waals surface area (Å²) in [6, 6.07) is 3.71. The lowest BCUT2D eigenvalue weighted by Gasteiger charge is -2.38. The molecule has 1 aliphatic heterocycles. The molecule has 0 amide bonds. The lowest BCUT2D eigenvalue weighted by molar-refractivity contribution is 0.112. The molecule has 4 heteroatoms. The first-order valence-electron chi connectivity index (χ1n) is 6.97. The first-order valence-corrected chi connectivity index (χ1v) is 6.97. The SMILES string of the molecule is CC(N)(Cc1ccc(F)cc1F)N1CCCCCC1. The average Bonchev–Trinajstić information content (AvgIpc) is 2.62. The molecule has 106 valence electrons. The fourth-order valence-electron chi connectivity index (χ4n) is 2.74. The Morgan fingerprint density at radius 2 is 1.79 bits per heavy atom. The molecule has 1 aromatic rings. The maximum absolute atomic E-state index is 13.7. The summed E-state index contributed by atoms with van der Waals surface area (Å²) >= 11 is 0. The van der Waals surface area contributed by atoms with Gasteiger partial charge >= 0.3 is 0 Å². The van der Waals surface area contributed by atoms with Crippen LogP contribution in [0.2, 0.25) is 0 Å². The number of halogens is 2. The van der Waals surface area contributed by atoms with Gasteiger partial charge in [-0.15, -0.1) is 0 Å². The summed E-state index contributed by atoms with van der Waals surface area (Å²) < 4.78 is 26.6. The van der Waals surface area contributed by atoms with Crippen LogP contribution in [-0.2, 0) is 6.42 Å². The third-order valence-electron chi connectivity index (χ3n) is 3.89. The summed E-state index contributed by atoms with van der Waals surface area (Å²) in [5, 5.41) is 0. The van der Waals surface area contributed by atoms with E-state index >= 15 is 0 Å². The van der Waals surface area contributed by atoms with Crippen LogP contribution in [0, 0.1) is 11.6 Å². The quantitative estimate of drug-likeness (QED) is 0.913. The minimum atomic E-state index is -0.580. The molecule has 0 saturated carbocycles. The van der Waals surface area contributed by atoms with Crippen LogP contribution in [0.1, 0.15) is 38.2 Å². The van der Waals surface area contributed by atoms with Gasteiger partial charge in [-0.1, -0.05) is 18.9 Å². The smallest absolute Gasteiger partial charge is 0.129 e. The second kappa shape index (κ2) is 5.97. The van der Waals surface area contributed by atoms with E-state index in [4.69, 9.17) is 5.73 Å². The molecule has 0 aliphatic carbocycles. The summed E-state index contributed by atoms with van der Waals surface area (Å²) in [6.07, 6.45) is 5.14. The van der Waals surface area contributed by atoms with Crippen molar-refractivity contribution >= 4 is 0 Å². The van der Waals surface area contributed by atoms with Crippen LogP contribution in [0.5, 0.6) is 0 Å². The van der Waals surface area contributed by atoms with E-state index in [1.54, 1.807) is 0 Å². The monoisotopic (exact) mass is 268 g/mol. The summed E-state index contributed by atoms with van der Waals surface area (Å²) in [4.78, 5) is 2.22. The van der Waals surface area contributed by atoms with Crippen molar-refractivity contribution in [2.45, 2.75) is 44.7 Å². The Morgan fingerprint density at radius 3 is 2.37 bits per heavy atom. The molecule has 2 nitrogen and oxygen atoms in total. The van der Waals surface area contributed by atoms with Gasteiger partial charge in [-0.25, -0.2) is 8.78 Å². The molecule has 1 fully saturated rings. The van der Waals surface area contributed by atoms with Crippen molar-refractivity contribution in [2.75, 3.05) is 13.1 Å². The van der Waals surface area contributed by atoms with Gasteiger partial charge in [0, 0.05) is 12.5 Å². The Kier molecular flexibility index (Phi) is 4.53. The highest BCUT2D eigenvalue weighted by atomic mass is 19.1.